The number of nitrogens with one attached hydrogen (secondary N) is 1. The number of carbonyl (C=O) groups is 1. The van der Waals surface area contributed by atoms with Crippen molar-refractivity contribution in [1.82, 2.24) is 14.7 Å². The Hall–Kier alpha value is -3.60. The van der Waals surface area contributed by atoms with Crippen molar-refractivity contribution in [1.29, 1.82) is 0 Å². The van der Waals surface area contributed by atoms with Gasteiger partial charge in [-0.1, -0.05) is 12.0 Å². The van der Waals surface area contributed by atoms with Crippen LogP contribution >= 0.6 is 0 Å². The molecule has 30 heavy (non-hydrogen) atoms. The fourth-order valence-corrected chi connectivity index (χ4v) is 3.58. The Bertz CT molecular complexity index is 994. The molecule has 3 rings (SSSR count). The van der Waals surface area contributed by atoms with E-state index in [0.717, 1.165) is 19.5 Å². The average molecular weight is 409 g/mol. The van der Waals surface area contributed by atoms with Crippen molar-refractivity contribution >= 4 is 11.7 Å². The van der Waals surface area contributed by atoms with Gasteiger partial charge in [0.2, 0.25) is 0 Å². The summed E-state index contributed by atoms with van der Waals surface area (Å²) in [6, 6.07) is 5.47. The molecule has 0 radical (unpaired) electrons. The van der Waals surface area contributed by atoms with Crippen molar-refractivity contribution in [2.45, 2.75) is 19.4 Å². The zero-order valence-electron chi connectivity index (χ0n) is 17.7. The summed E-state index contributed by atoms with van der Waals surface area (Å²) >= 11 is 0. The van der Waals surface area contributed by atoms with E-state index in [-0.39, 0.29) is 6.04 Å². The standard InChI is InChI=1S/C22H27N5O3/c1-5-9-26-10-8-16(14-26)27-22(24-2)20(21(23)28)19(25-27)7-6-15-11-17(29-3)13-18(12-15)30-4/h5,9,11-13,16,24H,8,10,14H2,1-4H3,(H2,23,28)/t16-/m0/s1. The second-order valence-corrected chi connectivity index (χ2v) is 6.90. The number of nitrogens with two attached hydrogens (primary N) is 1. The number of aromatic nitrogens is 2. The van der Waals surface area contributed by atoms with Crippen LogP contribution < -0.4 is 20.5 Å². The van der Waals surface area contributed by atoms with Gasteiger partial charge < -0.3 is 25.4 Å². The van der Waals surface area contributed by atoms with Gasteiger partial charge in [0, 0.05) is 31.8 Å². The summed E-state index contributed by atoms with van der Waals surface area (Å²) in [6.07, 6.45) is 4.99. The van der Waals surface area contributed by atoms with Crippen molar-refractivity contribution in [3.05, 3.63) is 47.3 Å². The van der Waals surface area contributed by atoms with Gasteiger partial charge in [-0.05, 0) is 37.6 Å². The van der Waals surface area contributed by atoms with Crippen LogP contribution in [-0.2, 0) is 0 Å². The summed E-state index contributed by atoms with van der Waals surface area (Å²) in [5.41, 5.74) is 7.00. The number of ether oxygens (including phenoxy) is 2. The second-order valence-electron chi connectivity index (χ2n) is 6.90. The molecule has 0 saturated carbocycles. The number of rotatable bonds is 6. The number of anilines is 1. The molecule has 1 aliphatic rings. The molecule has 1 saturated heterocycles. The summed E-state index contributed by atoms with van der Waals surface area (Å²) in [6.45, 7) is 3.72. The van der Waals surface area contributed by atoms with Crippen LogP contribution in [0.25, 0.3) is 0 Å². The number of benzene rings is 1. The second kappa shape index (κ2) is 9.27. The maximum absolute atomic E-state index is 12.2. The highest BCUT2D eigenvalue weighted by atomic mass is 16.5. The normalized spacial score (nSPS) is 15.7. The summed E-state index contributed by atoms with van der Waals surface area (Å²) in [7, 11) is 4.91. The third-order valence-corrected chi connectivity index (χ3v) is 4.97. The first-order valence-corrected chi connectivity index (χ1v) is 9.72. The molecule has 158 valence electrons. The minimum absolute atomic E-state index is 0.120. The molecule has 1 atom stereocenters. The SMILES string of the molecule is CC=CN1CC[C@H](n2nc(C#Cc3cc(OC)cc(OC)c3)c(C(N)=O)c2NC)C1. The molecule has 0 aliphatic carbocycles. The Morgan fingerprint density at radius 1 is 1.27 bits per heavy atom. The van der Waals surface area contributed by atoms with Crippen LogP contribution in [0.2, 0.25) is 0 Å². The van der Waals surface area contributed by atoms with Crippen LogP contribution in [0.4, 0.5) is 5.82 Å². The molecule has 1 aromatic heterocycles. The van der Waals surface area contributed by atoms with Crippen molar-refractivity contribution in [3.8, 4) is 23.3 Å². The van der Waals surface area contributed by atoms with E-state index >= 15 is 0 Å². The lowest BCUT2D eigenvalue weighted by molar-refractivity contribution is 0.100. The smallest absolute Gasteiger partial charge is 0.255 e. The van der Waals surface area contributed by atoms with Crippen LogP contribution in [0.3, 0.4) is 0 Å². The van der Waals surface area contributed by atoms with E-state index in [0.29, 0.717) is 34.1 Å². The quantitative estimate of drug-likeness (QED) is 0.711. The largest absolute Gasteiger partial charge is 0.497 e. The summed E-state index contributed by atoms with van der Waals surface area (Å²) in [5, 5.41) is 7.73. The number of amides is 1. The van der Waals surface area contributed by atoms with E-state index in [1.165, 1.54) is 0 Å². The molecular weight excluding hydrogens is 382 g/mol. The molecule has 0 bridgehead atoms. The highest BCUT2D eigenvalue weighted by molar-refractivity contribution is 6.00. The Morgan fingerprint density at radius 3 is 2.53 bits per heavy atom. The molecule has 2 aromatic rings. The predicted molar refractivity (Wildman–Crippen MR) is 116 cm³/mol. The first-order chi connectivity index (χ1) is 14.5. The summed E-state index contributed by atoms with van der Waals surface area (Å²) < 4.78 is 12.4. The number of carbonyl (C=O) groups excluding carboxylic acids is 1. The average Bonchev–Trinajstić information content (AvgIpc) is 3.36. The molecular formula is C22H27N5O3. The van der Waals surface area contributed by atoms with Gasteiger partial charge >= 0.3 is 0 Å². The Labute approximate surface area is 176 Å². The molecule has 0 unspecified atom stereocenters. The first kappa shape index (κ1) is 21.1. The summed E-state index contributed by atoms with van der Waals surface area (Å²) in [4.78, 5) is 14.4. The van der Waals surface area contributed by atoms with E-state index in [4.69, 9.17) is 15.2 Å². The molecule has 1 aromatic carbocycles. The van der Waals surface area contributed by atoms with Gasteiger partial charge in [-0.25, -0.2) is 4.68 Å². The molecule has 2 heterocycles. The fourth-order valence-electron chi connectivity index (χ4n) is 3.58. The molecule has 8 nitrogen and oxygen atoms in total. The van der Waals surface area contributed by atoms with Crippen LogP contribution in [0.15, 0.2) is 30.5 Å². The van der Waals surface area contributed by atoms with Crippen molar-refractivity contribution in [2.75, 3.05) is 39.7 Å². The zero-order valence-corrected chi connectivity index (χ0v) is 17.7. The number of allylic oxidation sites excluding steroid dienone is 1. The maximum atomic E-state index is 12.2. The lowest BCUT2D eigenvalue weighted by Crippen LogP contribution is -2.19. The first-order valence-electron chi connectivity index (χ1n) is 9.72. The Kier molecular flexibility index (Phi) is 6.52. The lowest BCUT2D eigenvalue weighted by Gasteiger charge is -2.16. The van der Waals surface area contributed by atoms with Crippen molar-refractivity contribution < 1.29 is 14.3 Å². The zero-order chi connectivity index (χ0) is 21.7. The Morgan fingerprint density at radius 2 is 1.97 bits per heavy atom. The maximum Gasteiger partial charge on any atom is 0.255 e. The molecule has 3 N–H and O–H groups in total. The van der Waals surface area contributed by atoms with Crippen LogP contribution in [0, 0.1) is 11.8 Å². The van der Waals surface area contributed by atoms with E-state index < -0.39 is 5.91 Å². The van der Waals surface area contributed by atoms with Crippen LogP contribution in [0.1, 0.15) is 41.0 Å². The predicted octanol–water partition coefficient (Wildman–Crippen LogP) is 2.22. The van der Waals surface area contributed by atoms with Crippen LogP contribution in [0.5, 0.6) is 11.5 Å². The van der Waals surface area contributed by atoms with Crippen molar-refractivity contribution in [2.24, 2.45) is 5.73 Å². The van der Waals surface area contributed by atoms with Gasteiger partial charge in [-0.2, -0.15) is 5.10 Å². The van der Waals surface area contributed by atoms with E-state index in [2.05, 4.69) is 33.4 Å². The number of methoxy groups -OCH3 is 2. The number of nitrogens with zero attached hydrogens (tertiary/aromatic N) is 3. The highest BCUT2D eigenvalue weighted by Crippen LogP contribution is 2.29. The molecule has 0 spiro atoms. The highest BCUT2D eigenvalue weighted by Gasteiger charge is 2.29. The number of likely N-dealkylation sites (tertiary alicyclic amines) is 1. The van der Waals surface area contributed by atoms with Gasteiger partial charge in [0.15, 0.2) is 5.69 Å². The van der Waals surface area contributed by atoms with Gasteiger partial charge in [0.05, 0.1) is 20.3 Å². The van der Waals surface area contributed by atoms with Gasteiger partial charge in [0.25, 0.3) is 5.91 Å². The third kappa shape index (κ3) is 4.35. The lowest BCUT2D eigenvalue weighted by atomic mass is 10.1. The van der Waals surface area contributed by atoms with Gasteiger partial charge in [-0.15, -0.1) is 0 Å². The van der Waals surface area contributed by atoms with Gasteiger partial charge in [0.1, 0.15) is 22.9 Å². The fraction of sp³-hybridized carbons (Fsp3) is 0.364. The van der Waals surface area contributed by atoms with E-state index in [1.807, 2.05) is 17.7 Å². The van der Waals surface area contributed by atoms with E-state index in [1.54, 1.807) is 39.5 Å². The summed E-state index contributed by atoms with van der Waals surface area (Å²) in [5.74, 6) is 7.33. The van der Waals surface area contributed by atoms with E-state index in [9.17, 15) is 4.79 Å². The Balaban J connectivity index is 2.01. The minimum atomic E-state index is -0.568. The minimum Gasteiger partial charge on any atom is -0.497 e. The van der Waals surface area contributed by atoms with Crippen LogP contribution in [-0.4, -0.2) is 54.9 Å². The number of hydrogen-bond acceptors (Lipinski definition) is 6. The van der Waals surface area contributed by atoms with Gasteiger partial charge in [-0.3, -0.25) is 4.79 Å². The van der Waals surface area contributed by atoms with Crippen molar-refractivity contribution in [3.63, 3.8) is 0 Å². The topological polar surface area (TPSA) is 94.6 Å². The molecule has 8 heteroatoms. The molecule has 1 fully saturated rings. The molecule has 1 aliphatic heterocycles. The number of primary amides is 1. The third-order valence-electron chi connectivity index (χ3n) is 4.97. The molecule has 1 amide bonds. The number of hydrogen-bond donors (Lipinski definition) is 2. The monoisotopic (exact) mass is 409 g/mol.